The average Bonchev–Trinajstić information content (AvgIpc) is 2.41. The second-order valence-electron chi connectivity index (χ2n) is 3.91. The maximum atomic E-state index is 8.70. The molecule has 1 saturated carbocycles. The molecule has 3 rings (SSSR count). The summed E-state index contributed by atoms with van der Waals surface area (Å²) in [5, 5.41) is 12.0. The smallest absolute Gasteiger partial charge is 0.0617 e. The molecule has 0 unspecified atom stereocenters. The van der Waals surface area contributed by atoms with Gasteiger partial charge in [-0.05, 0) is 29.9 Å². The highest BCUT2D eigenvalue weighted by Gasteiger charge is 2.44. The van der Waals surface area contributed by atoms with Gasteiger partial charge in [0.15, 0.2) is 0 Å². The first-order valence-corrected chi connectivity index (χ1v) is 4.69. The minimum atomic E-state index is 0.502. The van der Waals surface area contributed by atoms with Crippen molar-refractivity contribution in [2.24, 2.45) is 11.1 Å². The molecule has 2 nitrogen and oxygen atoms in total. The highest BCUT2D eigenvalue weighted by molar-refractivity contribution is 5.95. The van der Waals surface area contributed by atoms with Crippen molar-refractivity contribution in [3.63, 3.8) is 0 Å². The van der Waals surface area contributed by atoms with Crippen LogP contribution in [0.4, 0.5) is 0 Å². The lowest BCUT2D eigenvalue weighted by molar-refractivity contribution is 0.302. The first-order valence-electron chi connectivity index (χ1n) is 4.69. The van der Waals surface area contributed by atoms with Crippen molar-refractivity contribution >= 4 is 5.71 Å². The average molecular weight is 173 g/mol. The molecule has 0 spiro atoms. The summed E-state index contributed by atoms with van der Waals surface area (Å²) in [6.07, 6.45) is 2.03. The van der Waals surface area contributed by atoms with Crippen LogP contribution in [0.1, 0.15) is 23.5 Å². The van der Waals surface area contributed by atoms with Crippen LogP contribution in [0.2, 0.25) is 0 Å². The summed E-state index contributed by atoms with van der Waals surface area (Å²) in [5.41, 5.74) is 3.90. The molecule has 0 aromatic heterocycles. The monoisotopic (exact) mass is 173 g/mol. The van der Waals surface area contributed by atoms with Gasteiger partial charge in [0.1, 0.15) is 0 Å². The summed E-state index contributed by atoms with van der Waals surface area (Å²) in [4.78, 5) is 0. The van der Waals surface area contributed by atoms with E-state index in [0.29, 0.717) is 11.8 Å². The van der Waals surface area contributed by atoms with Crippen LogP contribution in [0, 0.1) is 5.92 Å². The quantitative estimate of drug-likeness (QED) is 0.473. The van der Waals surface area contributed by atoms with Gasteiger partial charge in [0, 0.05) is 5.92 Å². The molecule has 66 valence electrons. The Morgan fingerprint density at radius 1 is 1.15 bits per heavy atom. The van der Waals surface area contributed by atoms with E-state index in [4.69, 9.17) is 5.21 Å². The molecule has 1 N–H and O–H groups in total. The summed E-state index contributed by atoms with van der Waals surface area (Å²) in [7, 11) is 0. The first kappa shape index (κ1) is 7.13. The molecule has 0 amide bonds. The van der Waals surface area contributed by atoms with Crippen LogP contribution >= 0.6 is 0 Å². The highest BCUT2D eigenvalue weighted by atomic mass is 16.4. The zero-order valence-corrected chi connectivity index (χ0v) is 7.27. The molecule has 0 aliphatic heterocycles. The van der Waals surface area contributed by atoms with E-state index in [1.54, 1.807) is 0 Å². The van der Waals surface area contributed by atoms with Crippen molar-refractivity contribution in [1.82, 2.24) is 0 Å². The summed E-state index contributed by atoms with van der Waals surface area (Å²) >= 11 is 0. The topological polar surface area (TPSA) is 32.6 Å². The summed E-state index contributed by atoms with van der Waals surface area (Å²) in [5.74, 6) is 1.14. The second-order valence-corrected chi connectivity index (χ2v) is 3.91. The van der Waals surface area contributed by atoms with Crippen LogP contribution in [-0.2, 0) is 6.42 Å². The molecule has 2 heteroatoms. The molecule has 0 bridgehead atoms. The molecule has 1 fully saturated rings. The van der Waals surface area contributed by atoms with Crippen molar-refractivity contribution in [3.8, 4) is 0 Å². The van der Waals surface area contributed by atoms with E-state index < -0.39 is 0 Å². The Labute approximate surface area is 76.9 Å². The van der Waals surface area contributed by atoms with Crippen LogP contribution in [0.3, 0.4) is 0 Å². The third kappa shape index (κ3) is 0.804. The predicted octanol–water partition coefficient (Wildman–Crippen LogP) is 2.18. The van der Waals surface area contributed by atoms with Crippen molar-refractivity contribution in [2.45, 2.75) is 18.8 Å². The first-order chi connectivity index (χ1) is 6.40. The van der Waals surface area contributed by atoms with Crippen LogP contribution in [0.5, 0.6) is 0 Å². The SMILES string of the molecule is O/N=C1/C[C@@H]2c3ccccc3C[C@H]12. The molecule has 0 saturated heterocycles. The van der Waals surface area contributed by atoms with E-state index in [1.807, 2.05) is 0 Å². The fourth-order valence-electron chi connectivity index (χ4n) is 2.61. The standard InChI is InChI=1S/C11H11NO/c13-12-11-6-9-8-4-2-1-3-7(8)5-10(9)11/h1-4,9-10,13H,5-6H2/b12-11-/t9-,10+/m1/s1. The number of fused-ring (bicyclic) bond motifs is 3. The number of hydrogen-bond donors (Lipinski definition) is 1. The zero-order chi connectivity index (χ0) is 8.84. The minimum absolute atomic E-state index is 0.502. The van der Waals surface area contributed by atoms with Gasteiger partial charge < -0.3 is 5.21 Å². The van der Waals surface area contributed by atoms with Gasteiger partial charge in [-0.25, -0.2) is 0 Å². The lowest BCUT2D eigenvalue weighted by Gasteiger charge is -2.31. The lowest BCUT2D eigenvalue weighted by Crippen LogP contribution is -2.32. The molecular formula is C11H11NO. The molecule has 13 heavy (non-hydrogen) atoms. The number of rotatable bonds is 0. The summed E-state index contributed by atoms with van der Waals surface area (Å²) < 4.78 is 0. The summed E-state index contributed by atoms with van der Waals surface area (Å²) in [6, 6.07) is 8.56. The van der Waals surface area contributed by atoms with E-state index >= 15 is 0 Å². The van der Waals surface area contributed by atoms with E-state index in [9.17, 15) is 0 Å². The van der Waals surface area contributed by atoms with Crippen molar-refractivity contribution in [1.29, 1.82) is 0 Å². The van der Waals surface area contributed by atoms with Gasteiger partial charge in [-0.15, -0.1) is 0 Å². The summed E-state index contributed by atoms with van der Waals surface area (Å²) in [6.45, 7) is 0. The second kappa shape index (κ2) is 2.34. The Balaban J connectivity index is 2.02. The number of hydrogen-bond acceptors (Lipinski definition) is 2. The van der Waals surface area contributed by atoms with Crippen LogP contribution in [0.25, 0.3) is 0 Å². The van der Waals surface area contributed by atoms with Crippen LogP contribution < -0.4 is 0 Å². The van der Waals surface area contributed by atoms with Gasteiger partial charge in [-0.3, -0.25) is 0 Å². The molecule has 2 aliphatic carbocycles. The van der Waals surface area contributed by atoms with Gasteiger partial charge in [0.05, 0.1) is 5.71 Å². The van der Waals surface area contributed by atoms with Crippen molar-refractivity contribution in [2.75, 3.05) is 0 Å². The van der Waals surface area contributed by atoms with Gasteiger partial charge >= 0.3 is 0 Å². The molecule has 2 atom stereocenters. The Hall–Kier alpha value is -1.31. The fourth-order valence-corrected chi connectivity index (χ4v) is 2.61. The molecule has 1 aromatic carbocycles. The third-order valence-corrected chi connectivity index (χ3v) is 3.37. The van der Waals surface area contributed by atoms with Gasteiger partial charge in [0.25, 0.3) is 0 Å². The van der Waals surface area contributed by atoms with Gasteiger partial charge in [0.2, 0.25) is 0 Å². The molecule has 2 aliphatic rings. The molecule has 0 heterocycles. The third-order valence-electron chi connectivity index (χ3n) is 3.37. The minimum Gasteiger partial charge on any atom is -0.411 e. The maximum absolute atomic E-state index is 8.70. The molecule has 0 radical (unpaired) electrons. The van der Waals surface area contributed by atoms with E-state index in [-0.39, 0.29) is 0 Å². The Bertz CT molecular complexity index is 383. The maximum Gasteiger partial charge on any atom is 0.0617 e. The zero-order valence-electron chi connectivity index (χ0n) is 7.27. The number of oxime groups is 1. The highest BCUT2D eigenvalue weighted by Crippen LogP contribution is 2.49. The Kier molecular flexibility index (Phi) is 1.29. The van der Waals surface area contributed by atoms with Gasteiger partial charge in [-0.1, -0.05) is 29.4 Å². The predicted molar refractivity (Wildman–Crippen MR) is 50.2 cm³/mol. The van der Waals surface area contributed by atoms with Gasteiger partial charge in [-0.2, -0.15) is 0 Å². The lowest BCUT2D eigenvalue weighted by atomic mass is 9.72. The molecule has 1 aromatic rings. The van der Waals surface area contributed by atoms with E-state index in [2.05, 4.69) is 29.4 Å². The van der Waals surface area contributed by atoms with E-state index in [0.717, 1.165) is 18.6 Å². The molecular weight excluding hydrogens is 162 g/mol. The fraction of sp³-hybridized carbons (Fsp3) is 0.364. The number of benzene rings is 1. The number of nitrogens with zero attached hydrogens (tertiary/aromatic N) is 1. The van der Waals surface area contributed by atoms with Crippen molar-refractivity contribution < 1.29 is 5.21 Å². The Morgan fingerprint density at radius 3 is 2.85 bits per heavy atom. The normalized spacial score (nSPS) is 32.5. The van der Waals surface area contributed by atoms with Crippen molar-refractivity contribution in [3.05, 3.63) is 35.4 Å². The van der Waals surface area contributed by atoms with Crippen LogP contribution in [0.15, 0.2) is 29.4 Å². The van der Waals surface area contributed by atoms with E-state index in [1.165, 1.54) is 11.1 Å². The van der Waals surface area contributed by atoms with Crippen LogP contribution in [-0.4, -0.2) is 10.9 Å². The Morgan fingerprint density at radius 2 is 2.00 bits per heavy atom. The largest absolute Gasteiger partial charge is 0.411 e.